The van der Waals surface area contributed by atoms with E-state index in [1.54, 1.807) is 0 Å². The van der Waals surface area contributed by atoms with E-state index in [2.05, 4.69) is 22.1 Å². The Kier molecular flexibility index (Phi) is 5.51. The first-order valence-corrected chi connectivity index (χ1v) is 8.16. The third kappa shape index (κ3) is 4.01. The van der Waals surface area contributed by atoms with E-state index < -0.39 is 0 Å². The number of hydrogen-bond donors (Lipinski definition) is 2. The molecule has 0 aliphatic carbocycles. The topological polar surface area (TPSA) is 71.2 Å². The number of likely N-dealkylation sites (tertiary alicyclic amines) is 1. The first kappa shape index (κ1) is 15.4. The van der Waals surface area contributed by atoms with Gasteiger partial charge >= 0.3 is 0 Å². The van der Waals surface area contributed by atoms with Crippen molar-refractivity contribution in [2.75, 3.05) is 18.4 Å². The van der Waals surface area contributed by atoms with Gasteiger partial charge in [0.1, 0.15) is 0 Å². The van der Waals surface area contributed by atoms with Crippen molar-refractivity contribution < 1.29 is 4.79 Å². The van der Waals surface area contributed by atoms with Gasteiger partial charge in [-0.1, -0.05) is 13.3 Å². The average molecular weight is 296 g/mol. The Morgan fingerprint density at radius 2 is 2.45 bits per heavy atom. The number of carbonyl (C=O) groups is 1. The molecule has 1 aliphatic rings. The number of rotatable bonds is 5. The number of piperidine rings is 1. The van der Waals surface area contributed by atoms with Crippen LogP contribution in [0, 0.1) is 5.92 Å². The van der Waals surface area contributed by atoms with E-state index in [1.165, 1.54) is 37.5 Å². The molecule has 1 aliphatic heterocycles. The van der Waals surface area contributed by atoms with Crippen LogP contribution in [0.1, 0.15) is 38.8 Å². The Labute approximate surface area is 124 Å². The minimum atomic E-state index is -0.0745. The maximum Gasteiger partial charge on any atom is 0.223 e. The Morgan fingerprint density at radius 1 is 1.65 bits per heavy atom. The van der Waals surface area contributed by atoms with E-state index in [1.807, 2.05) is 5.38 Å². The molecule has 0 aromatic carbocycles. The smallest absolute Gasteiger partial charge is 0.223 e. The van der Waals surface area contributed by atoms with Crippen molar-refractivity contribution in [1.82, 2.24) is 9.88 Å². The van der Waals surface area contributed by atoms with E-state index in [4.69, 9.17) is 5.73 Å². The fourth-order valence-corrected chi connectivity index (χ4v) is 3.55. The lowest BCUT2D eigenvalue weighted by molar-refractivity contribution is -0.114. The third-order valence-electron chi connectivity index (χ3n) is 4.00. The van der Waals surface area contributed by atoms with Crippen molar-refractivity contribution in [3.05, 3.63) is 11.1 Å². The SMILES string of the molecule is CCC1CCN(Cc2csc(NC(C)=O)n2)C(CN)C1. The van der Waals surface area contributed by atoms with E-state index in [-0.39, 0.29) is 5.91 Å². The zero-order valence-electron chi connectivity index (χ0n) is 12.3. The summed E-state index contributed by atoms with van der Waals surface area (Å²) >= 11 is 1.48. The molecule has 1 fully saturated rings. The van der Waals surface area contributed by atoms with Gasteiger partial charge in [-0.05, 0) is 25.3 Å². The van der Waals surface area contributed by atoms with Crippen LogP contribution in [0.5, 0.6) is 0 Å². The highest BCUT2D eigenvalue weighted by molar-refractivity contribution is 7.13. The average Bonchev–Trinajstić information content (AvgIpc) is 2.85. The van der Waals surface area contributed by atoms with Crippen molar-refractivity contribution in [2.24, 2.45) is 11.7 Å². The van der Waals surface area contributed by atoms with Gasteiger partial charge in [0, 0.05) is 31.4 Å². The van der Waals surface area contributed by atoms with Crippen molar-refractivity contribution in [3.8, 4) is 0 Å². The quantitative estimate of drug-likeness (QED) is 0.872. The maximum absolute atomic E-state index is 11.0. The molecule has 0 spiro atoms. The largest absolute Gasteiger partial charge is 0.329 e. The normalized spacial score (nSPS) is 23.8. The van der Waals surface area contributed by atoms with Crippen molar-refractivity contribution in [1.29, 1.82) is 0 Å². The van der Waals surface area contributed by atoms with Crippen LogP contribution in [0.25, 0.3) is 0 Å². The number of anilines is 1. The second kappa shape index (κ2) is 7.15. The molecule has 6 heteroatoms. The van der Waals surface area contributed by atoms with Crippen LogP contribution >= 0.6 is 11.3 Å². The fourth-order valence-electron chi connectivity index (χ4n) is 2.80. The molecule has 1 aromatic heterocycles. The summed E-state index contributed by atoms with van der Waals surface area (Å²) in [6.45, 7) is 6.38. The Bertz CT molecular complexity index is 448. The molecule has 5 nitrogen and oxygen atoms in total. The third-order valence-corrected chi connectivity index (χ3v) is 4.80. The summed E-state index contributed by atoms with van der Waals surface area (Å²) in [5.74, 6) is 0.736. The van der Waals surface area contributed by atoms with Gasteiger partial charge in [-0.2, -0.15) is 0 Å². The van der Waals surface area contributed by atoms with Gasteiger partial charge in [-0.25, -0.2) is 4.98 Å². The highest BCUT2D eigenvalue weighted by Crippen LogP contribution is 2.27. The van der Waals surface area contributed by atoms with E-state index >= 15 is 0 Å². The molecule has 2 unspecified atom stereocenters. The van der Waals surface area contributed by atoms with Gasteiger partial charge in [-0.15, -0.1) is 11.3 Å². The highest BCUT2D eigenvalue weighted by atomic mass is 32.1. The van der Waals surface area contributed by atoms with Gasteiger partial charge in [0.05, 0.1) is 5.69 Å². The number of nitrogens with zero attached hydrogens (tertiary/aromatic N) is 2. The summed E-state index contributed by atoms with van der Waals surface area (Å²) in [6.07, 6.45) is 3.68. The molecule has 0 saturated carbocycles. The van der Waals surface area contributed by atoms with Crippen molar-refractivity contribution in [3.63, 3.8) is 0 Å². The molecule has 2 atom stereocenters. The lowest BCUT2D eigenvalue weighted by Crippen LogP contribution is -2.46. The first-order valence-electron chi connectivity index (χ1n) is 7.28. The molecule has 0 radical (unpaired) electrons. The predicted octanol–water partition coefficient (Wildman–Crippen LogP) is 2.05. The fraction of sp³-hybridized carbons (Fsp3) is 0.714. The zero-order valence-corrected chi connectivity index (χ0v) is 13.1. The van der Waals surface area contributed by atoms with Crippen LogP contribution < -0.4 is 11.1 Å². The number of thiazole rings is 1. The monoisotopic (exact) mass is 296 g/mol. The van der Waals surface area contributed by atoms with Crippen LogP contribution in [0.15, 0.2) is 5.38 Å². The number of nitrogens with two attached hydrogens (primary N) is 1. The molecular weight excluding hydrogens is 272 g/mol. The molecule has 1 amide bonds. The number of hydrogen-bond acceptors (Lipinski definition) is 5. The van der Waals surface area contributed by atoms with Crippen molar-refractivity contribution >= 4 is 22.4 Å². The highest BCUT2D eigenvalue weighted by Gasteiger charge is 2.27. The van der Waals surface area contributed by atoms with Gasteiger partial charge in [-0.3, -0.25) is 9.69 Å². The Morgan fingerprint density at radius 3 is 3.10 bits per heavy atom. The Balaban J connectivity index is 1.94. The van der Waals surface area contributed by atoms with Crippen LogP contribution in [0.3, 0.4) is 0 Å². The predicted molar refractivity (Wildman–Crippen MR) is 82.7 cm³/mol. The van der Waals surface area contributed by atoms with Gasteiger partial charge < -0.3 is 11.1 Å². The minimum Gasteiger partial charge on any atom is -0.329 e. The Hall–Kier alpha value is -0.980. The summed E-state index contributed by atoms with van der Waals surface area (Å²) in [5.41, 5.74) is 6.94. The van der Waals surface area contributed by atoms with E-state index in [9.17, 15) is 4.79 Å². The zero-order chi connectivity index (χ0) is 14.5. The number of aromatic nitrogens is 1. The summed E-state index contributed by atoms with van der Waals surface area (Å²) < 4.78 is 0. The molecule has 2 rings (SSSR count). The minimum absolute atomic E-state index is 0.0745. The summed E-state index contributed by atoms with van der Waals surface area (Å²) in [4.78, 5) is 17.9. The molecular formula is C14H24N4OS. The molecule has 20 heavy (non-hydrogen) atoms. The summed E-state index contributed by atoms with van der Waals surface area (Å²) in [6, 6.07) is 0.458. The molecule has 1 saturated heterocycles. The van der Waals surface area contributed by atoms with Gasteiger partial charge in [0.15, 0.2) is 5.13 Å². The van der Waals surface area contributed by atoms with E-state index in [0.29, 0.717) is 17.7 Å². The lowest BCUT2D eigenvalue weighted by atomic mass is 9.89. The van der Waals surface area contributed by atoms with Gasteiger partial charge in [0.2, 0.25) is 5.91 Å². The molecule has 1 aromatic rings. The first-order chi connectivity index (χ1) is 9.62. The molecule has 112 valence electrons. The standard InChI is InChI=1S/C14H24N4OS/c1-3-11-4-5-18(13(6-11)7-15)8-12-9-20-14(17-12)16-10(2)19/h9,11,13H,3-8,15H2,1-2H3,(H,16,17,19). The van der Waals surface area contributed by atoms with E-state index in [0.717, 1.165) is 24.7 Å². The molecule has 0 bridgehead atoms. The van der Waals surface area contributed by atoms with Crippen LogP contribution in [0.4, 0.5) is 5.13 Å². The number of nitrogens with one attached hydrogen (secondary N) is 1. The molecule has 3 N–H and O–H groups in total. The second-order valence-corrected chi connectivity index (χ2v) is 6.34. The van der Waals surface area contributed by atoms with Gasteiger partial charge in [0.25, 0.3) is 0 Å². The second-order valence-electron chi connectivity index (χ2n) is 5.48. The number of carbonyl (C=O) groups excluding carboxylic acids is 1. The lowest BCUT2D eigenvalue weighted by Gasteiger charge is -2.38. The molecule has 2 heterocycles. The van der Waals surface area contributed by atoms with Crippen molar-refractivity contribution in [2.45, 2.75) is 45.7 Å². The summed E-state index contributed by atoms with van der Waals surface area (Å²) in [5, 5.41) is 5.43. The summed E-state index contributed by atoms with van der Waals surface area (Å²) in [7, 11) is 0. The van der Waals surface area contributed by atoms with Crippen LogP contribution in [-0.2, 0) is 11.3 Å². The maximum atomic E-state index is 11.0. The number of amides is 1. The van der Waals surface area contributed by atoms with Crippen LogP contribution in [-0.4, -0.2) is 34.9 Å². The van der Waals surface area contributed by atoms with Crippen LogP contribution in [0.2, 0.25) is 0 Å².